The molecule has 0 aliphatic heterocycles. The zero-order valence-electron chi connectivity index (χ0n) is 10.5. The molecule has 0 fully saturated rings. The van der Waals surface area contributed by atoms with Gasteiger partial charge in [-0.15, -0.1) is 0 Å². The van der Waals surface area contributed by atoms with Crippen molar-refractivity contribution in [2.24, 2.45) is 5.92 Å². The number of carbonyl (C=O) groups excluding carboxylic acids is 1. The van der Waals surface area contributed by atoms with E-state index in [2.05, 4.69) is 24.7 Å². The van der Waals surface area contributed by atoms with Crippen LogP contribution in [0.5, 0.6) is 5.75 Å². The molecule has 0 bridgehead atoms. The number of hydrogen-bond donors (Lipinski definition) is 3. The Morgan fingerprint density at radius 3 is 2.53 bits per heavy atom. The van der Waals surface area contributed by atoms with Crippen LogP contribution in [0.2, 0.25) is 0 Å². The van der Waals surface area contributed by atoms with Gasteiger partial charge in [0.25, 0.3) is 5.91 Å². The average molecular weight is 236 g/mol. The molecule has 0 radical (unpaired) electrons. The van der Waals surface area contributed by atoms with Crippen molar-refractivity contribution in [3.05, 3.63) is 29.8 Å². The second kappa shape index (κ2) is 6.25. The second-order valence-electron chi connectivity index (χ2n) is 4.65. The molecule has 4 nitrogen and oxygen atoms in total. The molecule has 4 heteroatoms. The molecule has 0 aliphatic carbocycles. The second-order valence-corrected chi connectivity index (χ2v) is 4.65. The molecule has 0 saturated heterocycles. The Balaban J connectivity index is 2.48. The van der Waals surface area contributed by atoms with Gasteiger partial charge in [-0.25, -0.2) is 5.43 Å². The molecule has 1 aromatic carbocycles. The molecule has 1 rings (SSSR count). The van der Waals surface area contributed by atoms with E-state index in [0.717, 1.165) is 6.42 Å². The number of nitrogens with one attached hydrogen (secondary N) is 2. The molecule has 94 valence electrons. The van der Waals surface area contributed by atoms with Crippen molar-refractivity contribution < 1.29 is 9.90 Å². The number of carbonyl (C=O) groups is 1. The Hall–Kier alpha value is -1.55. The van der Waals surface area contributed by atoms with E-state index in [-0.39, 0.29) is 23.3 Å². The summed E-state index contributed by atoms with van der Waals surface area (Å²) in [7, 11) is 0. The van der Waals surface area contributed by atoms with Gasteiger partial charge in [0.1, 0.15) is 5.75 Å². The van der Waals surface area contributed by atoms with Crippen molar-refractivity contribution in [1.82, 2.24) is 10.9 Å². The lowest BCUT2D eigenvalue weighted by Gasteiger charge is -2.16. The lowest BCUT2D eigenvalue weighted by molar-refractivity contribution is 0.0921. The van der Waals surface area contributed by atoms with E-state index in [1.54, 1.807) is 18.2 Å². The SMILES string of the molecule is CC(C)CC(C)NNC(=O)c1ccccc1O. The Kier molecular flexibility index (Phi) is 4.97. The van der Waals surface area contributed by atoms with E-state index < -0.39 is 0 Å². The van der Waals surface area contributed by atoms with Gasteiger partial charge in [-0.05, 0) is 31.4 Å². The number of phenolic OH excluding ortho intramolecular Hbond substituents is 1. The largest absolute Gasteiger partial charge is 0.507 e. The fraction of sp³-hybridized carbons (Fsp3) is 0.462. The topological polar surface area (TPSA) is 61.4 Å². The summed E-state index contributed by atoms with van der Waals surface area (Å²) in [5.74, 6) is 0.238. The number of amides is 1. The molecule has 1 unspecified atom stereocenters. The van der Waals surface area contributed by atoms with Gasteiger partial charge < -0.3 is 5.11 Å². The van der Waals surface area contributed by atoms with E-state index >= 15 is 0 Å². The van der Waals surface area contributed by atoms with Crippen molar-refractivity contribution in [2.45, 2.75) is 33.2 Å². The van der Waals surface area contributed by atoms with Crippen LogP contribution in [0.1, 0.15) is 37.6 Å². The van der Waals surface area contributed by atoms with Crippen LogP contribution in [0.25, 0.3) is 0 Å². The molecule has 17 heavy (non-hydrogen) atoms. The Bertz CT molecular complexity index is 377. The Morgan fingerprint density at radius 2 is 1.94 bits per heavy atom. The molecular weight excluding hydrogens is 216 g/mol. The summed E-state index contributed by atoms with van der Waals surface area (Å²) < 4.78 is 0. The zero-order valence-corrected chi connectivity index (χ0v) is 10.5. The van der Waals surface area contributed by atoms with Gasteiger partial charge in [0.05, 0.1) is 5.56 Å². The minimum absolute atomic E-state index is 0.0108. The molecule has 0 spiro atoms. The highest BCUT2D eigenvalue weighted by Crippen LogP contribution is 2.14. The first-order valence-corrected chi connectivity index (χ1v) is 5.84. The highest BCUT2D eigenvalue weighted by molar-refractivity contribution is 5.96. The molecular formula is C13H20N2O2. The lowest BCUT2D eigenvalue weighted by Crippen LogP contribution is -2.43. The number of benzene rings is 1. The zero-order chi connectivity index (χ0) is 12.8. The van der Waals surface area contributed by atoms with Crippen LogP contribution >= 0.6 is 0 Å². The molecule has 0 aliphatic rings. The minimum atomic E-state index is -0.321. The highest BCUT2D eigenvalue weighted by atomic mass is 16.3. The van der Waals surface area contributed by atoms with E-state index in [0.29, 0.717) is 5.92 Å². The van der Waals surface area contributed by atoms with Crippen LogP contribution in [0, 0.1) is 5.92 Å². The maximum absolute atomic E-state index is 11.7. The molecule has 1 aromatic rings. The number of hydrogen-bond acceptors (Lipinski definition) is 3. The van der Waals surface area contributed by atoms with Crippen molar-refractivity contribution in [3.63, 3.8) is 0 Å². The molecule has 3 N–H and O–H groups in total. The predicted octanol–water partition coefficient (Wildman–Crippen LogP) is 2.06. The molecule has 0 aromatic heterocycles. The monoisotopic (exact) mass is 236 g/mol. The summed E-state index contributed by atoms with van der Waals surface area (Å²) in [6.07, 6.45) is 0.973. The highest BCUT2D eigenvalue weighted by Gasteiger charge is 2.11. The van der Waals surface area contributed by atoms with Crippen molar-refractivity contribution >= 4 is 5.91 Å². The van der Waals surface area contributed by atoms with Gasteiger partial charge in [0.15, 0.2) is 0 Å². The first-order valence-electron chi connectivity index (χ1n) is 5.84. The summed E-state index contributed by atoms with van der Waals surface area (Å²) in [6.45, 7) is 6.26. The summed E-state index contributed by atoms with van der Waals surface area (Å²) >= 11 is 0. The van der Waals surface area contributed by atoms with Gasteiger partial charge in [-0.2, -0.15) is 0 Å². The van der Waals surface area contributed by atoms with Crippen molar-refractivity contribution in [2.75, 3.05) is 0 Å². The third-order valence-corrected chi connectivity index (χ3v) is 2.41. The van der Waals surface area contributed by atoms with Crippen molar-refractivity contribution in [3.8, 4) is 5.75 Å². The van der Waals surface area contributed by atoms with Crippen molar-refractivity contribution in [1.29, 1.82) is 0 Å². The summed E-state index contributed by atoms with van der Waals surface area (Å²) in [5, 5.41) is 9.50. The molecule has 0 saturated carbocycles. The van der Waals surface area contributed by atoms with Crippen LogP contribution in [0.4, 0.5) is 0 Å². The first-order chi connectivity index (χ1) is 8.00. The van der Waals surface area contributed by atoms with E-state index in [1.165, 1.54) is 6.07 Å². The lowest BCUT2D eigenvalue weighted by atomic mass is 10.1. The van der Waals surface area contributed by atoms with E-state index in [9.17, 15) is 9.90 Å². The number of para-hydroxylation sites is 1. The third kappa shape index (κ3) is 4.44. The minimum Gasteiger partial charge on any atom is -0.507 e. The number of hydrazine groups is 1. The quantitative estimate of drug-likeness (QED) is 0.686. The number of aromatic hydroxyl groups is 1. The molecule has 0 heterocycles. The summed E-state index contributed by atoms with van der Waals surface area (Å²) in [5.41, 5.74) is 5.80. The van der Waals surface area contributed by atoms with Gasteiger partial charge >= 0.3 is 0 Å². The fourth-order valence-electron chi connectivity index (χ4n) is 1.69. The van der Waals surface area contributed by atoms with Gasteiger partial charge in [0, 0.05) is 6.04 Å². The smallest absolute Gasteiger partial charge is 0.269 e. The first kappa shape index (κ1) is 13.5. The molecule has 1 amide bonds. The summed E-state index contributed by atoms with van der Waals surface area (Å²) in [6, 6.07) is 6.67. The van der Waals surface area contributed by atoms with Crippen LogP contribution in [-0.4, -0.2) is 17.1 Å². The number of phenols is 1. The van der Waals surface area contributed by atoms with Gasteiger partial charge in [0.2, 0.25) is 0 Å². The van der Waals surface area contributed by atoms with Crippen LogP contribution < -0.4 is 10.9 Å². The summed E-state index contributed by atoms with van der Waals surface area (Å²) in [4.78, 5) is 11.7. The third-order valence-electron chi connectivity index (χ3n) is 2.41. The maximum atomic E-state index is 11.7. The average Bonchev–Trinajstić information content (AvgIpc) is 2.25. The van der Waals surface area contributed by atoms with Crippen LogP contribution in [0.15, 0.2) is 24.3 Å². The van der Waals surface area contributed by atoms with Gasteiger partial charge in [-0.3, -0.25) is 10.2 Å². The van der Waals surface area contributed by atoms with E-state index in [1.807, 2.05) is 6.92 Å². The Labute approximate surface area is 102 Å². The maximum Gasteiger partial charge on any atom is 0.269 e. The van der Waals surface area contributed by atoms with Crippen LogP contribution in [0.3, 0.4) is 0 Å². The van der Waals surface area contributed by atoms with Gasteiger partial charge in [-0.1, -0.05) is 26.0 Å². The predicted molar refractivity (Wildman–Crippen MR) is 67.6 cm³/mol. The molecule has 1 atom stereocenters. The standard InChI is InChI=1S/C13H20N2O2/c1-9(2)8-10(3)14-15-13(17)11-6-4-5-7-12(11)16/h4-7,9-10,14,16H,8H2,1-3H3,(H,15,17). The number of rotatable bonds is 5. The fourth-order valence-corrected chi connectivity index (χ4v) is 1.69. The van der Waals surface area contributed by atoms with E-state index in [4.69, 9.17) is 0 Å². The normalized spacial score (nSPS) is 12.5. The Morgan fingerprint density at radius 1 is 1.29 bits per heavy atom. The van der Waals surface area contributed by atoms with Crippen LogP contribution in [-0.2, 0) is 0 Å².